The number of nitrogens with zero attached hydrogens (tertiary/aromatic N) is 3. The van der Waals surface area contributed by atoms with Gasteiger partial charge in [-0.25, -0.2) is 0 Å². The molecule has 3 aromatic rings. The van der Waals surface area contributed by atoms with Crippen molar-refractivity contribution in [1.82, 2.24) is 15.3 Å². The summed E-state index contributed by atoms with van der Waals surface area (Å²) >= 11 is 0. The van der Waals surface area contributed by atoms with Crippen LogP contribution in [0, 0.1) is 13.8 Å². The van der Waals surface area contributed by atoms with Gasteiger partial charge in [0.05, 0.1) is 17.7 Å². The molecule has 2 aromatic heterocycles. The van der Waals surface area contributed by atoms with Gasteiger partial charge in [0.25, 0.3) is 5.89 Å². The lowest BCUT2D eigenvalue weighted by Crippen LogP contribution is -2.08. The van der Waals surface area contributed by atoms with E-state index in [1.165, 1.54) is 0 Å². The third-order valence-corrected chi connectivity index (χ3v) is 4.19. The number of rotatable bonds is 8. The highest BCUT2D eigenvalue weighted by atomic mass is 16.6. The Balaban J connectivity index is 1.47. The molecule has 148 valence electrons. The molecule has 0 radical (unpaired) electrons. The van der Waals surface area contributed by atoms with Crippen molar-refractivity contribution >= 4 is 5.97 Å². The molecule has 0 spiro atoms. The van der Waals surface area contributed by atoms with E-state index in [0.717, 1.165) is 22.6 Å². The number of benzene rings is 1. The van der Waals surface area contributed by atoms with E-state index in [1.54, 1.807) is 0 Å². The molecule has 8 nitrogen and oxygen atoms in total. The standard InChI is InChI=1S/C20H23N3O5/c1-12(2)20-21-18(28-23-20)11-26-19(24)9-15-5-7-16(8-6-15)25-10-17-13(3)22-27-14(17)4/h5-8,12H,9-11H2,1-4H3. The summed E-state index contributed by atoms with van der Waals surface area (Å²) in [7, 11) is 0. The van der Waals surface area contributed by atoms with Gasteiger partial charge in [-0.15, -0.1) is 0 Å². The van der Waals surface area contributed by atoms with Crippen LogP contribution < -0.4 is 4.74 Å². The highest BCUT2D eigenvalue weighted by molar-refractivity contribution is 5.72. The molecule has 0 N–H and O–H groups in total. The van der Waals surface area contributed by atoms with Crippen molar-refractivity contribution in [3.05, 3.63) is 58.6 Å². The van der Waals surface area contributed by atoms with Gasteiger partial charge in [-0.1, -0.05) is 36.3 Å². The van der Waals surface area contributed by atoms with Gasteiger partial charge < -0.3 is 18.5 Å². The van der Waals surface area contributed by atoms with Crippen LogP contribution in [0.25, 0.3) is 0 Å². The van der Waals surface area contributed by atoms with Crippen molar-refractivity contribution in [2.75, 3.05) is 0 Å². The van der Waals surface area contributed by atoms with Crippen molar-refractivity contribution in [2.45, 2.75) is 53.2 Å². The van der Waals surface area contributed by atoms with Crippen LogP contribution in [-0.2, 0) is 29.2 Å². The Hall–Kier alpha value is -3.16. The molecule has 3 rings (SSSR count). The van der Waals surface area contributed by atoms with Crippen LogP contribution in [0.15, 0.2) is 33.3 Å². The monoisotopic (exact) mass is 385 g/mol. The van der Waals surface area contributed by atoms with E-state index in [0.29, 0.717) is 24.1 Å². The predicted molar refractivity (Wildman–Crippen MR) is 98.6 cm³/mol. The van der Waals surface area contributed by atoms with Gasteiger partial charge in [0.15, 0.2) is 12.4 Å². The molecule has 0 amide bonds. The van der Waals surface area contributed by atoms with E-state index in [1.807, 2.05) is 52.0 Å². The quantitative estimate of drug-likeness (QED) is 0.542. The van der Waals surface area contributed by atoms with Crippen LogP contribution >= 0.6 is 0 Å². The molecule has 1 aromatic carbocycles. The van der Waals surface area contributed by atoms with Gasteiger partial charge >= 0.3 is 5.97 Å². The lowest BCUT2D eigenvalue weighted by molar-refractivity contribution is -0.144. The Morgan fingerprint density at radius 1 is 1.07 bits per heavy atom. The van der Waals surface area contributed by atoms with E-state index < -0.39 is 0 Å². The predicted octanol–water partition coefficient (Wildman–Crippen LogP) is 3.66. The fourth-order valence-corrected chi connectivity index (χ4v) is 2.49. The lowest BCUT2D eigenvalue weighted by atomic mass is 10.1. The number of carbonyl (C=O) groups is 1. The van der Waals surface area contributed by atoms with Crippen LogP contribution in [0.4, 0.5) is 0 Å². The van der Waals surface area contributed by atoms with Crippen LogP contribution in [-0.4, -0.2) is 21.3 Å². The third-order valence-electron chi connectivity index (χ3n) is 4.19. The molecule has 0 bridgehead atoms. The zero-order valence-corrected chi connectivity index (χ0v) is 16.4. The Morgan fingerprint density at radius 2 is 1.82 bits per heavy atom. The van der Waals surface area contributed by atoms with Crippen molar-refractivity contribution in [3.8, 4) is 5.75 Å². The normalized spacial score (nSPS) is 11.0. The highest BCUT2D eigenvalue weighted by Gasteiger charge is 2.13. The number of ether oxygens (including phenoxy) is 2. The minimum Gasteiger partial charge on any atom is -0.489 e. The van der Waals surface area contributed by atoms with E-state index in [2.05, 4.69) is 15.3 Å². The Bertz CT molecular complexity index is 908. The number of esters is 1. The molecule has 0 aliphatic carbocycles. The lowest BCUT2D eigenvalue weighted by Gasteiger charge is -2.07. The number of carbonyl (C=O) groups excluding carboxylic acids is 1. The first-order valence-electron chi connectivity index (χ1n) is 9.04. The van der Waals surface area contributed by atoms with Gasteiger partial charge in [-0.05, 0) is 31.5 Å². The largest absolute Gasteiger partial charge is 0.489 e. The summed E-state index contributed by atoms with van der Waals surface area (Å²) in [6, 6.07) is 7.28. The second kappa shape index (κ2) is 8.69. The van der Waals surface area contributed by atoms with Crippen molar-refractivity contribution < 1.29 is 23.3 Å². The number of aromatic nitrogens is 3. The number of hydrogen-bond acceptors (Lipinski definition) is 8. The minimum atomic E-state index is -0.367. The molecule has 0 unspecified atom stereocenters. The SMILES string of the molecule is Cc1noc(C)c1COc1ccc(CC(=O)OCc2nc(C(C)C)no2)cc1. The number of hydrogen-bond donors (Lipinski definition) is 0. The smallest absolute Gasteiger partial charge is 0.310 e. The zero-order valence-electron chi connectivity index (χ0n) is 16.4. The summed E-state index contributed by atoms with van der Waals surface area (Å²) in [4.78, 5) is 16.2. The fraction of sp³-hybridized carbons (Fsp3) is 0.400. The van der Waals surface area contributed by atoms with Gasteiger partial charge in [-0.2, -0.15) is 4.98 Å². The second-order valence-electron chi connectivity index (χ2n) is 6.77. The molecule has 0 aliphatic heterocycles. The molecule has 0 atom stereocenters. The second-order valence-corrected chi connectivity index (χ2v) is 6.77. The summed E-state index contributed by atoms with van der Waals surface area (Å²) in [6.45, 7) is 8.00. The first-order chi connectivity index (χ1) is 13.4. The Labute approximate surface area is 162 Å². The van der Waals surface area contributed by atoms with E-state index in [-0.39, 0.29) is 24.9 Å². The topological polar surface area (TPSA) is 100 Å². The van der Waals surface area contributed by atoms with Gasteiger partial charge in [-0.3, -0.25) is 4.79 Å². The fourth-order valence-electron chi connectivity index (χ4n) is 2.49. The van der Waals surface area contributed by atoms with Crippen LogP contribution in [0.5, 0.6) is 5.75 Å². The Kier molecular flexibility index (Phi) is 6.08. The molecule has 0 saturated carbocycles. The van der Waals surface area contributed by atoms with Crippen molar-refractivity contribution in [3.63, 3.8) is 0 Å². The Morgan fingerprint density at radius 3 is 2.43 bits per heavy atom. The zero-order chi connectivity index (χ0) is 20.1. The molecule has 8 heteroatoms. The van der Waals surface area contributed by atoms with Gasteiger partial charge in [0.2, 0.25) is 0 Å². The van der Waals surface area contributed by atoms with Crippen LogP contribution in [0.1, 0.15) is 54.1 Å². The summed E-state index contributed by atoms with van der Waals surface area (Å²) in [6.07, 6.45) is 0.148. The average molecular weight is 385 g/mol. The first kappa shape index (κ1) is 19.6. The molecule has 2 heterocycles. The maximum Gasteiger partial charge on any atom is 0.310 e. The molecule has 28 heavy (non-hydrogen) atoms. The first-order valence-corrected chi connectivity index (χ1v) is 9.04. The highest BCUT2D eigenvalue weighted by Crippen LogP contribution is 2.18. The summed E-state index contributed by atoms with van der Waals surface area (Å²) < 4.78 is 21.1. The molecule has 0 saturated heterocycles. The van der Waals surface area contributed by atoms with E-state index in [4.69, 9.17) is 18.5 Å². The maximum absolute atomic E-state index is 12.0. The van der Waals surface area contributed by atoms with Crippen molar-refractivity contribution in [2.24, 2.45) is 0 Å². The average Bonchev–Trinajstić information content (AvgIpc) is 3.27. The minimum absolute atomic E-state index is 0.0306. The van der Waals surface area contributed by atoms with Gasteiger partial charge in [0.1, 0.15) is 18.1 Å². The summed E-state index contributed by atoms with van der Waals surface area (Å²) in [5, 5.41) is 7.74. The van der Waals surface area contributed by atoms with Crippen LogP contribution in [0.3, 0.4) is 0 Å². The molecular formula is C20H23N3O5. The molecular weight excluding hydrogens is 362 g/mol. The molecule has 0 aliphatic rings. The summed E-state index contributed by atoms with van der Waals surface area (Å²) in [5.41, 5.74) is 2.58. The maximum atomic E-state index is 12.0. The summed E-state index contributed by atoms with van der Waals surface area (Å²) in [5.74, 6) is 2.13. The van der Waals surface area contributed by atoms with E-state index >= 15 is 0 Å². The van der Waals surface area contributed by atoms with E-state index in [9.17, 15) is 4.79 Å². The van der Waals surface area contributed by atoms with Crippen molar-refractivity contribution in [1.29, 1.82) is 0 Å². The van der Waals surface area contributed by atoms with Crippen LogP contribution in [0.2, 0.25) is 0 Å². The van der Waals surface area contributed by atoms with Gasteiger partial charge in [0, 0.05) is 5.92 Å². The third kappa shape index (κ3) is 4.97. The molecule has 0 fully saturated rings. The number of aryl methyl sites for hydroxylation is 2.